The number of hydrogen-bond acceptors (Lipinski definition) is 2. The first-order valence-corrected chi connectivity index (χ1v) is 8.00. The van der Waals surface area contributed by atoms with E-state index in [9.17, 15) is 9.90 Å². The molecule has 1 saturated heterocycles. The highest BCUT2D eigenvalue weighted by atomic mass is 79.9. The lowest BCUT2D eigenvalue weighted by molar-refractivity contribution is 0.0762. The van der Waals surface area contributed by atoms with E-state index >= 15 is 0 Å². The third kappa shape index (κ3) is 2.97. The van der Waals surface area contributed by atoms with Gasteiger partial charge < -0.3 is 10.0 Å². The molecule has 2 atom stereocenters. The number of aliphatic hydroxyl groups is 1. The van der Waals surface area contributed by atoms with Crippen LogP contribution in [0.1, 0.15) is 23.7 Å². The maximum Gasteiger partial charge on any atom is 0.253 e. The van der Waals surface area contributed by atoms with Gasteiger partial charge in [0, 0.05) is 29.0 Å². The maximum atomic E-state index is 12.6. The van der Waals surface area contributed by atoms with Crippen LogP contribution in [0.15, 0.2) is 40.9 Å². The molecule has 1 aliphatic heterocycles. The van der Waals surface area contributed by atoms with E-state index in [-0.39, 0.29) is 17.9 Å². The van der Waals surface area contributed by atoms with Gasteiger partial charge in [0.2, 0.25) is 0 Å². The van der Waals surface area contributed by atoms with Crippen LogP contribution in [0.4, 0.5) is 0 Å². The molecule has 0 aliphatic carbocycles. The average Bonchev–Trinajstić information content (AvgIpc) is 2.96. The predicted octanol–water partition coefficient (Wildman–Crippen LogP) is 3.45. The van der Waals surface area contributed by atoms with Crippen LogP contribution in [-0.4, -0.2) is 35.1 Å². The zero-order valence-electron chi connectivity index (χ0n) is 11.9. The van der Waals surface area contributed by atoms with Gasteiger partial charge in [-0.15, -0.1) is 0 Å². The van der Waals surface area contributed by atoms with Crippen LogP contribution < -0.4 is 0 Å². The Kier molecular flexibility index (Phi) is 4.00. The summed E-state index contributed by atoms with van der Waals surface area (Å²) in [5, 5.41) is 11.8. The Morgan fingerprint density at radius 2 is 2.00 bits per heavy atom. The number of aliphatic hydroxyl groups excluding tert-OH is 1. The lowest BCUT2D eigenvalue weighted by Gasteiger charge is -2.18. The minimum absolute atomic E-state index is 0.0583. The van der Waals surface area contributed by atoms with Crippen molar-refractivity contribution in [1.29, 1.82) is 0 Å². The van der Waals surface area contributed by atoms with Gasteiger partial charge in [0.1, 0.15) is 0 Å². The molecule has 1 N–H and O–H groups in total. The Labute approximate surface area is 132 Å². The van der Waals surface area contributed by atoms with Crippen LogP contribution >= 0.6 is 15.9 Å². The number of carbonyl (C=O) groups is 1. The summed E-state index contributed by atoms with van der Waals surface area (Å²) < 4.78 is 1.04. The molecule has 1 aliphatic rings. The molecular formula is C17H18BrNO2. The first-order valence-electron chi connectivity index (χ1n) is 7.21. The number of amides is 1. The third-order valence-electron chi connectivity index (χ3n) is 4.24. The third-order valence-corrected chi connectivity index (χ3v) is 4.74. The van der Waals surface area contributed by atoms with Gasteiger partial charge in [0.25, 0.3) is 5.91 Å². The zero-order chi connectivity index (χ0) is 15.0. The van der Waals surface area contributed by atoms with Crippen molar-refractivity contribution in [2.24, 2.45) is 5.92 Å². The van der Waals surface area contributed by atoms with Crippen molar-refractivity contribution in [3.63, 3.8) is 0 Å². The lowest BCUT2D eigenvalue weighted by atomic mass is 10.0. The number of likely N-dealkylation sites (tertiary alicyclic amines) is 1. The summed E-state index contributed by atoms with van der Waals surface area (Å²) in [5.41, 5.74) is 0.719. The molecule has 0 radical (unpaired) electrons. The summed E-state index contributed by atoms with van der Waals surface area (Å²) in [6, 6.07) is 11.8. The van der Waals surface area contributed by atoms with Gasteiger partial charge in [0.05, 0.1) is 6.10 Å². The van der Waals surface area contributed by atoms with Crippen molar-refractivity contribution in [3.8, 4) is 0 Å². The van der Waals surface area contributed by atoms with Gasteiger partial charge in [-0.3, -0.25) is 4.79 Å². The van der Waals surface area contributed by atoms with Gasteiger partial charge in [-0.25, -0.2) is 0 Å². The fourth-order valence-corrected chi connectivity index (χ4v) is 3.28. The second-order valence-corrected chi connectivity index (χ2v) is 6.66. The molecule has 3 nitrogen and oxygen atoms in total. The maximum absolute atomic E-state index is 12.6. The molecule has 1 amide bonds. The number of fused-ring (bicyclic) bond motifs is 1. The Balaban J connectivity index is 1.83. The van der Waals surface area contributed by atoms with Gasteiger partial charge in [-0.2, -0.15) is 0 Å². The fourth-order valence-electron chi connectivity index (χ4n) is 2.90. The van der Waals surface area contributed by atoms with Crippen molar-refractivity contribution >= 4 is 32.6 Å². The number of hydrogen-bond donors (Lipinski definition) is 1. The van der Waals surface area contributed by atoms with Crippen molar-refractivity contribution in [2.45, 2.75) is 19.4 Å². The van der Waals surface area contributed by atoms with E-state index in [0.717, 1.165) is 33.8 Å². The summed E-state index contributed by atoms with van der Waals surface area (Å²) in [7, 11) is 0. The van der Waals surface area contributed by atoms with Crippen LogP contribution in [0.25, 0.3) is 10.8 Å². The molecule has 110 valence electrons. The topological polar surface area (TPSA) is 40.5 Å². The predicted molar refractivity (Wildman–Crippen MR) is 87.3 cm³/mol. The van der Waals surface area contributed by atoms with Crippen LogP contribution in [0.5, 0.6) is 0 Å². The summed E-state index contributed by atoms with van der Waals surface area (Å²) in [6.45, 7) is 3.17. The first-order chi connectivity index (χ1) is 10.0. The SMILES string of the molecule is CC(O)C1CCN(C(=O)c2ccc3cc(Br)ccc3c2)C1. The molecule has 2 aromatic carbocycles. The smallest absolute Gasteiger partial charge is 0.253 e. The highest BCUT2D eigenvalue weighted by Gasteiger charge is 2.29. The van der Waals surface area contributed by atoms with Gasteiger partial charge in [-0.1, -0.05) is 28.1 Å². The molecular weight excluding hydrogens is 330 g/mol. The second kappa shape index (κ2) is 5.78. The molecule has 1 heterocycles. The summed E-state index contributed by atoms with van der Waals surface area (Å²) in [4.78, 5) is 14.4. The fraction of sp³-hybridized carbons (Fsp3) is 0.353. The van der Waals surface area contributed by atoms with Gasteiger partial charge in [0.15, 0.2) is 0 Å². The molecule has 0 aromatic heterocycles. The van der Waals surface area contributed by atoms with Crippen LogP contribution in [-0.2, 0) is 0 Å². The van der Waals surface area contributed by atoms with E-state index in [1.54, 1.807) is 6.92 Å². The minimum atomic E-state index is -0.350. The van der Waals surface area contributed by atoms with E-state index in [0.29, 0.717) is 6.54 Å². The van der Waals surface area contributed by atoms with E-state index < -0.39 is 0 Å². The Morgan fingerprint density at radius 3 is 2.71 bits per heavy atom. The number of nitrogens with zero attached hydrogens (tertiary/aromatic N) is 1. The van der Waals surface area contributed by atoms with Crippen molar-refractivity contribution in [3.05, 3.63) is 46.4 Å². The Morgan fingerprint density at radius 1 is 1.29 bits per heavy atom. The van der Waals surface area contributed by atoms with Gasteiger partial charge in [-0.05, 0) is 48.4 Å². The zero-order valence-corrected chi connectivity index (χ0v) is 13.5. The molecule has 2 unspecified atom stereocenters. The Hall–Kier alpha value is -1.39. The largest absolute Gasteiger partial charge is 0.393 e. The number of rotatable bonds is 2. The van der Waals surface area contributed by atoms with Crippen LogP contribution in [0.2, 0.25) is 0 Å². The molecule has 1 fully saturated rings. The Bertz CT molecular complexity index is 684. The molecule has 0 saturated carbocycles. The number of benzene rings is 2. The molecule has 0 bridgehead atoms. The summed E-state index contributed by atoms with van der Waals surface area (Å²) >= 11 is 3.45. The van der Waals surface area contributed by atoms with Crippen LogP contribution in [0.3, 0.4) is 0 Å². The normalized spacial score (nSPS) is 20.0. The highest BCUT2D eigenvalue weighted by molar-refractivity contribution is 9.10. The first kappa shape index (κ1) is 14.5. The van der Waals surface area contributed by atoms with E-state index in [1.165, 1.54) is 0 Å². The summed E-state index contributed by atoms with van der Waals surface area (Å²) in [5.74, 6) is 0.258. The summed E-state index contributed by atoms with van der Waals surface area (Å²) in [6.07, 6.45) is 0.529. The van der Waals surface area contributed by atoms with Crippen LogP contribution in [0, 0.1) is 5.92 Å². The monoisotopic (exact) mass is 347 g/mol. The molecule has 4 heteroatoms. The average molecular weight is 348 g/mol. The molecule has 3 rings (SSSR count). The van der Waals surface area contributed by atoms with E-state index in [1.807, 2.05) is 41.3 Å². The van der Waals surface area contributed by atoms with E-state index in [4.69, 9.17) is 0 Å². The molecule has 0 spiro atoms. The number of halogens is 1. The van der Waals surface area contributed by atoms with E-state index in [2.05, 4.69) is 15.9 Å². The lowest BCUT2D eigenvalue weighted by Crippen LogP contribution is -2.30. The molecule has 21 heavy (non-hydrogen) atoms. The highest BCUT2D eigenvalue weighted by Crippen LogP contribution is 2.24. The molecule has 2 aromatic rings. The standard InChI is InChI=1S/C17H18BrNO2/c1-11(20)15-6-7-19(10-15)17(21)14-3-2-13-9-16(18)5-4-12(13)8-14/h2-5,8-9,11,15,20H,6-7,10H2,1H3. The van der Waals surface area contributed by atoms with Crippen molar-refractivity contribution < 1.29 is 9.90 Å². The second-order valence-electron chi connectivity index (χ2n) is 5.75. The quantitative estimate of drug-likeness (QED) is 0.903. The number of carbonyl (C=O) groups excluding carboxylic acids is 1. The van der Waals surface area contributed by atoms with Crippen molar-refractivity contribution in [1.82, 2.24) is 4.90 Å². The van der Waals surface area contributed by atoms with Gasteiger partial charge >= 0.3 is 0 Å². The minimum Gasteiger partial charge on any atom is -0.393 e. The van der Waals surface area contributed by atoms with Crippen molar-refractivity contribution in [2.75, 3.05) is 13.1 Å².